The molecule has 0 saturated heterocycles. The first kappa shape index (κ1) is 10.3. The average molecular weight is 206 g/mol. The van der Waals surface area contributed by atoms with Gasteiger partial charge in [0.2, 0.25) is 0 Å². The van der Waals surface area contributed by atoms with Crippen molar-refractivity contribution in [1.29, 1.82) is 0 Å². The molecule has 0 fully saturated rings. The van der Waals surface area contributed by atoms with Gasteiger partial charge in [-0.05, 0) is 6.07 Å². The number of carboxylic acid groups (broad SMARTS) is 1. The number of halogens is 3. The normalized spacial score (nSPS) is 10.6. The fraction of sp³-hybridized carbons (Fsp3) is 0.143. The van der Waals surface area contributed by atoms with Crippen molar-refractivity contribution in [3.8, 4) is 0 Å². The zero-order valence-corrected chi connectivity index (χ0v) is 6.67. The summed E-state index contributed by atoms with van der Waals surface area (Å²) in [5, 5.41) is 8.37. The third kappa shape index (κ3) is 1.76. The molecule has 0 aliphatic carbocycles. The van der Waals surface area contributed by atoms with Crippen molar-refractivity contribution in [2.45, 2.75) is 6.43 Å². The lowest BCUT2D eigenvalue weighted by molar-refractivity contribution is 0.0684. The lowest BCUT2D eigenvalue weighted by Gasteiger charge is -2.05. The van der Waals surface area contributed by atoms with Crippen LogP contribution in [0.3, 0.4) is 0 Å². The molecule has 0 aliphatic heterocycles. The standard InChI is InChI=1S/C7H5F3N2O2/c8-3-1-2(5(9)10)6(11)12-4(3)7(13)14/h1,5H,(H2,11,12)(H,13,14). The number of nitrogen functional groups attached to an aromatic ring is 1. The van der Waals surface area contributed by atoms with Crippen LogP contribution in [-0.2, 0) is 0 Å². The summed E-state index contributed by atoms with van der Waals surface area (Å²) in [7, 11) is 0. The van der Waals surface area contributed by atoms with Gasteiger partial charge in [0.1, 0.15) is 5.82 Å². The second-order valence-corrected chi connectivity index (χ2v) is 2.40. The predicted molar refractivity (Wildman–Crippen MR) is 40.5 cm³/mol. The summed E-state index contributed by atoms with van der Waals surface area (Å²) < 4.78 is 37.0. The molecule has 0 bridgehead atoms. The highest BCUT2D eigenvalue weighted by molar-refractivity contribution is 5.86. The van der Waals surface area contributed by atoms with Gasteiger partial charge in [-0.3, -0.25) is 0 Å². The zero-order chi connectivity index (χ0) is 10.9. The lowest BCUT2D eigenvalue weighted by atomic mass is 10.2. The van der Waals surface area contributed by atoms with Crippen LogP contribution in [0.2, 0.25) is 0 Å². The van der Waals surface area contributed by atoms with Crippen LogP contribution in [0.25, 0.3) is 0 Å². The van der Waals surface area contributed by atoms with Crippen LogP contribution in [0.1, 0.15) is 22.5 Å². The van der Waals surface area contributed by atoms with E-state index >= 15 is 0 Å². The van der Waals surface area contributed by atoms with Crippen molar-refractivity contribution in [3.63, 3.8) is 0 Å². The maximum absolute atomic E-state index is 12.8. The molecule has 1 rings (SSSR count). The summed E-state index contributed by atoms with van der Waals surface area (Å²) in [5.74, 6) is -3.67. The Morgan fingerprint density at radius 2 is 2.14 bits per heavy atom. The summed E-state index contributed by atoms with van der Waals surface area (Å²) >= 11 is 0. The minimum atomic E-state index is -2.99. The topological polar surface area (TPSA) is 76.2 Å². The molecule has 76 valence electrons. The van der Waals surface area contributed by atoms with Gasteiger partial charge in [-0.25, -0.2) is 22.9 Å². The van der Waals surface area contributed by atoms with E-state index in [0.717, 1.165) is 0 Å². The number of carbonyl (C=O) groups is 1. The number of aromatic nitrogens is 1. The SMILES string of the molecule is Nc1nc(C(=O)O)c(F)cc1C(F)F. The number of alkyl halides is 2. The molecule has 0 aliphatic rings. The molecule has 1 aromatic rings. The highest BCUT2D eigenvalue weighted by atomic mass is 19.3. The third-order valence-corrected chi connectivity index (χ3v) is 1.47. The second kappa shape index (κ2) is 3.52. The largest absolute Gasteiger partial charge is 0.476 e. The Morgan fingerprint density at radius 1 is 1.57 bits per heavy atom. The summed E-state index contributed by atoms with van der Waals surface area (Å²) in [5.41, 5.74) is 3.23. The molecule has 7 heteroatoms. The zero-order valence-electron chi connectivity index (χ0n) is 6.67. The van der Waals surface area contributed by atoms with E-state index in [2.05, 4.69) is 4.98 Å². The van der Waals surface area contributed by atoms with Gasteiger partial charge in [-0.2, -0.15) is 0 Å². The number of aromatic carboxylic acids is 1. The van der Waals surface area contributed by atoms with E-state index in [4.69, 9.17) is 10.8 Å². The monoisotopic (exact) mass is 206 g/mol. The first-order chi connectivity index (χ1) is 6.43. The van der Waals surface area contributed by atoms with Crippen molar-refractivity contribution in [1.82, 2.24) is 4.98 Å². The molecule has 1 heterocycles. The van der Waals surface area contributed by atoms with Crippen molar-refractivity contribution in [2.24, 2.45) is 0 Å². The van der Waals surface area contributed by atoms with E-state index in [1.807, 2.05) is 0 Å². The number of pyridine rings is 1. The first-order valence-electron chi connectivity index (χ1n) is 3.41. The van der Waals surface area contributed by atoms with E-state index in [0.29, 0.717) is 6.07 Å². The van der Waals surface area contributed by atoms with Crippen molar-refractivity contribution < 1.29 is 23.1 Å². The number of carboxylic acids is 1. The minimum absolute atomic E-state index is 0.371. The molecule has 3 N–H and O–H groups in total. The molecule has 1 aromatic heterocycles. The quantitative estimate of drug-likeness (QED) is 0.767. The molecular weight excluding hydrogens is 201 g/mol. The molecule has 0 spiro atoms. The van der Waals surface area contributed by atoms with E-state index in [9.17, 15) is 18.0 Å². The van der Waals surface area contributed by atoms with Gasteiger partial charge in [-0.1, -0.05) is 0 Å². The van der Waals surface area contributed by atoms with Gasteiger partial charge >= 0.3 is 5.97 Å². The number of anilines is 1. The Kier molecular flexibility index (Phi) is 2.59. The van der Waals surface area contributed by atoms with Crippen LogP contribution in [0.5, 0.6) is 0 Å². The van der Waals surface area contributed by atoms with Gasteiger partial charge in [0.15, 0.2) is 11.5 Å². The molecular formula is C7H5F3N2O2. The lowest BCUT2D eigenvalue weighted by Crippen LogP contribution is -2.09. The van der Waals surface area contributed by atoms with E-state index in [-0.39, 0.29) is 0 Å². The first-order valence-corrected chi connectivity index (χ1v) is 3.41. The maximum atomic E-state index is 12.8. The number of nitrogens with zero attached hydrogens (tertiary/aromatic N) is 1. The molecule has 4 nitrogen and oxygen atoms in total. The van der Waals surface area contributed by atoms with E-state index in [1.165, 1.54) is 0 Å². The average Bonchev–Trinajstić information content (AvgIpc) is 2.07. The second-order valence-electron chi connectivity index (χ2n) is 2.40. The van der Waals surface area contributed by atoms with Gasteiger partial charge in [0.05, 0.1) is 5.56 Å². The highest BCUT2D eigenvalue weighted by Crippen LogP contribution is 2.25. The summed E-state index contributed by atoms with van der Waals surface area (Å²) in [6, 6.07) is 0.371. The minimum Gasteiger partial charge on any atom is -0.476 e. The Bertz CT molecular complexity index is 381. The molecule has 0 saturated carbocycles. The van der Waals surface area contributed by atoms with Crippen molar-refractivity contribution in [2.75, 3.05) is 5.73 Å². The Labute approximate surface area is 76.2 Å². The summed E-state index contributed by atoms with van der Waals surface area (Å²) in [4.78, 5) is 13.3. The smallest absolute Gasteiger partial charge is 0.357 e. The van der Waals surface area contributed by atoms with Gasteiger partial charge in [-0.15, -0.1) is 0 Å². The maximum Gasteiger partial charge on any atom is 0.357 e. The Hall–Kier alpha value is -1.79. The summed E-state index contributed by atoms with van der Waals surface area (Å²) in [6.07, 6.45) is -2.99. The van der Waals surface area contributed by atoms with Crippen LogP contribution < -0.4 is 5.73 Å². The van der Waals surface area contributed by atoms with E-state index in [1.54, 1.807) is 0 Å². The number of nitrogens with two attached hydrogens (primary N) is 1. The molecule has 14 heavy (non-hydrogen) atoms. The highest BCUT2D eigenvalue weighted by Gasteiger charge is 2.20. The van der Waals surface area contributed by atoms with Crippen LogP contribution in [-0.4, -0.2) is 16.1 Å². The van der Waals surface area contributed by atoms with Crippen LogP contribution in [0, 0.1) is 5.82 Å². The molecule has 0 radical (unpaired) electrons. The predicted octanol–water partition coefficient (Wildman–Crippen LogP) is 1.44. The van der Waals surface area contributed by atoms with Crippen molar-refractivity contribution in [3.05, 3.63) is 23.1 Å². The third-order valence-electron chi connectivity index (χ3n) is 1.47. The Balaban J connectivity index is 3.31. The summed E-state index contributed by atoms with van der Waals surface area (Å²) in [6.45, 7) is 0. The number of hydrogen-bond donors (Lipinski definition) is 2. The van der Waals surface area contributed by atoms with E-state index < -0.39 is 35.3 Å². The van der Waals surface area contributed by atoms with Gasteiger partial charge in [0.25, 0.3) is 6.43 Å². The number of rotatable bonds is 2. The fourth-order valence-electron chi connectivity index (χ4n) is 0.842. The van der Waals surface area contributed by atoms with Crippen LogP contribution in [0.15, 0.2) is 6.07 Å². The number of hydrogen-bond acceptors (Lipinski definition) is 3. The molecule has 0 amide bonds. The van der Waals surface area contributed by atoms with Crippen molar-refractivity contribution >= 4 is 11.8 Å². The molecule has 0 aromatic carbocycles. The fourth-order valence-corrected chi connectivity index (χ4v) is 0.842. The van der Waals surface area contributed by atoms with Crippen LogP contribution >= 0.6 is 0 Å². The van der Waals surface area contributed by atoms with Gasteiger partial charge in [0, 0.05) is 0 Å². The van der Waals surface area contributed by atoms with Gasteiger partial charge < -0.3 is 10.8 Å². The molecule has 0 atom stereocenters. The Morgan fingerprint density at radius 3 is 2.57 bits per heavy atom. The van der Waals surface area contributed by atoms with Crippen LogP contribution in [0.4, 0.5) is 19.0 Å². The molecule has 0 unspecified atom stereocenters.